The quantitative estimate of drug-likeness (QED) is 0.296. The molecule has 3 N–H and O–H groups in total. The number of nitrogens with one attached hydrogen (secondary N) is 3. The van der Waals surface area contributed by atoms with Gasteiger partial charge in [-0.2, -0.15) is 0 Å². The molecule has 4 amide bonds. The summed E-state index contributed by atoms with van der Waals surface area (Å²) in [5.41, 5.74) is -0.536. The van der Waals surface area contributed by atoms with Crippen molar-refractivity contribution < 1.29 is 33.1 Å². The number of alkyl halides is 1. The van der Waals surface area contributed by atoms with Gasteiger partial charge >= 0.3 is 0 Å². The Bertz CT molecular complexity index is 1120. The highest BCUT2D eigenvalue weighted by atomic mass is 19.1. The van der Waals surface area contributed by atoms with E-state index in [1.54, 1.807) is 33.1 Å². The van der Waals surface area contributed by atoms with Gasteiger partial charge in [0, 0.05) is 13.0 Å². The monoisotopic (exact) mass is 558 g/mol. The molecule has 1 aromatic rings. The molecule has 2 fully saturated rings. The molecule has 0 radical (unpaired) electrons. The van der Waals surface area contributed by atoms with E-state index in [1.807, 2.05) is 12.1 Å². The van der Waals surface area contributed by atoms with Crippen molar-refractivity contribution in [3.05, 3.63) is 42.0 Å². The molecule has 3 rings (SSSR count). The number of allylic oxidation sites excluding steroid dienone is 2. The van der Waals surface area contributed by atoms with Crippen molar-refractivity contribution in [1.82, 2.24) is 20.9 Å². The van der Waals surface area contributed by atoms with Crippen LogP contribution in [-0.2, 0) is 30.4 Å². The number of ketones is 1. The van der Waals surface area contributed by atoms with Crippen molar-refractivity contribution in [3.63, 3.8) is 0 Å². The van der Waals surface area contributed by atoms with Crippen LogP contribution in [0.5, 0.6) is 5.75 Å². The van der Waals surface area contributed by atoms with E-state index >= 15 is 0 Å². The molecule has 2 saturated heterocycles. The van der Waals surface area contributed by atoms with Crippen molar-refractivity contribution in [1.29, 1.82) is 0 Å². The number of halogens is 1. The number of carbonyl (C=O) groups is 5. The Morgan fingerprint density at radius 3 is 2.50 bits per heavy atom. The standard InChI is InChI=1S/C29H39FN4O6/c1-4-29(2)28(39)32-23(17-19-12-14-21(40-3)15-13-19)27(38)34-16-8-11-24(34)26(37)31-22(25(36)33-29)10-7-5-6-9-20(35)18-30/h6,9,12-15,22-24H,4-5,7-8,10-11,16-18H2,1-3H3,(H,31,37)(H,32,39)(H,33,36)/b9-6+/t22-,23-,24+,29-/m0/s1. The first-order valence-corrected chi connectivity index (χ1v) is 13.7. The first-order chi connectivity index (χ1) is 19.1. The van der Waals surface area contributed by atoms with Crippen LogP contribution in [0.25, 0.3) is 0 Å². The van der Waals surface area contributed by atoms with Crippen LogP contribution in [-0.4, -0.2) is 78.3 Å². The van der Waals surface area contributed by atoms with E-state index in [2.05, 4.69) is 16.0 Å². The van der Waals surface area contributed by atoms with E-state index in [1.165, 1.54) is 11.0 Å². The number of nitrogens with zero attached hydrogens (tertiary/aromatic N) is 1. The summed E-state index contributed by atoms with van der Waals surface area (Å²) in [4.78, 5) is 66.7. The summed E-state index contributed by atoms with van der Waals surface area (Å²) in [6, 6.07) is 4.52. The molecular formula is C29H39FN4O6. The number of amides is 4. The van der Waals surface area contributed by atoms with Crippen LogP contribution in [0.1, 0.15) is 57.9 Å². The van der Waals surface area contributed by atoms with Gasteiger partial charge in [0.2, 0.25) is 23.6 Å². The van der Waals surface area contributed by atoms with Crippen LogP contribution >= 0.6 is 0 Å². The lowest BCUT2D eigenvalue weighted by Crippen LogP contribution is -2.65. The summed E-state index contributed by atoms with van der Waals surface area (Å²) < 4.78 is 17.6. The van der Waals surface area contributed by atoms with Crippen LogP contribution in [0.4, 0.5) is 4.39 Å². The third kappa shape index (κ3) is 7.67. The van der Waals surface area contributed by atoms with Crippen LogP contribution in [0, 0.1) is 0 Å². The molecule has 0 bridgehead atoms. The third-order valence-electron chi connectivity index (χ3n) is 7.58. The molecule has 0 saturated carbocycles. The summed E-state index contributed by atoms with van der Waals surface area (Å²) >= 11 is 0. The number of hydrogen-bond acceptors (Lipinski definition) is 6. The first-order valence-electron chi connectivity index (χ1n) is 13.7. The van der Waals surface area contributed by atoms with Crippen molar-refractivity contribution in [2.45, 2.75) is 82.5 Å². The zero-order valence-electron chi connectivity index (χ0n) is 23.3. The average molecular weight is 559 g/mol. The lowest BCUT2D eigenvalue weighted by molar-refractivity contribution is -0.144. The van der Waals surface area contributed by atoms with E-state index in [4.69, 9.17) is 4.74 Å². The van der Waals surface area contributed by atoms with Gasteiger partial charge in [0.05, 0.1) is 7.11 Å². The van der Waals surface area contributed by atoms with E-state index in [-0.39, 0.29) is 25.2 Å². The number of methoxy groups -OCH3 is 1. The van der Waals surface area contributed by atoms with Crippen molar-refractivity contribution in [2.24, 2.45) is 0 Å². The van der Waals surface area contributed by atoms with Gasteiger partial charge < -0.3 is 25.6 Å². The fourth-order valence-corrected chi connectivity index (χ4v) is 4.92. The molecule has 218 valence electrons. The Kier molecular flexibility index (Phi) is 10.8. The Balaban J connectivity index is 1.87. The predicted molar refractivity (Wildman–Crippen MR) is 146 cm³/mol. The Hall–Kier alpha value is -3.76. The second kappa shape index (κ2) is 14.0. The van der Waals surface area contributed by atoms with E-state index in [0.717, 1.165) is 11.6 Å². The SMILES string of the molecule is CC[C@]1(C)NC(=O)[C@H](CCC/C=C/C(=O)CF)NC(=O)[C@H]2CCCN2C(=O)[C@H](Cc2ccc(OC)cc2)NC1=O. The second-order valence-corrected chi connectivity index (χ2v) is 10.4. The summed E-state index contributed by atoms with van der Waals surface area (Å²) in [5, 5.41) is 8.46. The molecule has 10 nitrogen and oxygen atoms in total. The molecule has 40 heavy (non-hydrogen) atoms. The minimum Gasteiger partial charge on any atom is -0.497 e. The molecule has 2 aliphatic rings. The number of ether oxygens (including phenoxy) is 1. The van der Waals surface area contributed by atoms with Gasteiger partial charge in [-0.05, 0) is 69.2 Å². The zero-order valence-corrected chi connectivity index (χ0v) is 23.3. The maximum Gasteiger partial charge on any atom is 0.246 e. The molecular weight excluding hydrogens is 519 g/mol. The molecule has 0 unspecified atom stereocenters. The Morgan fingerprint density at radius 1 is 1.12 bits per heavy atom. The maximum atomic E-state index is 13.8. The number of carbonyl (C=O) groups excluding carboxylic acids is 5. The number of hydrogen-bond donors (Lipinski definition) is 3. The summed E-state index contributed by atoms with van der Waals surface area (Å²) in [5.74, 6) is -1.77. The summed E-state index contributed by atoms with van der Waals surface area (Å²) in [6.07, 6.45) is 5.25. The van der Waals surface area contributed by atoms with Crippen LogP contribution in [0.2, 0.25) is 0 Å². The number of fused-ring (bicyclic) bond motifs is 1. The average Bonchev–Trinajstić information content (AvgIpc) is 3.45. The molecule has 0 spiro atoms. The molecule has 0 aromatic heterocycles. The highest BCUT2D eigenvalue weighted by Gasteiger charge is 2.43. The number of rotatable bonds is 10. The smallest absolute Gasteiger partial charge is 0.246 e. The fraction of sp³-hybridized carbons (Fsp3) is 0.552. The van der Waals surface area contributed by atoms with Crippen molar-refractivity contribution in [2.75, 3.05) is 20.3 Å². The Labute approximate surface area is 234 Å². The van der Waals surface area contributed by atoms with E-state index < -0.39 is 53.8 Å². The van der Waals surface area contributed by atoms with Gasteiger partial charge in [-0.1, -0.05) is 25.1 Å². The first kappa shape index (κ1) is 30.8. The van der Waals surface area contributed by atoms with Gasteiger partial charge in [-0.3, -0.25) is 24.0 Å². The van der Waals surface area contributed by atoms with E-state index in [9.17, 15) is 28.4 Å². The lowest BCUT2D eigenvalue weighted by atomic mass is 9.94. The third-order valence-corrected chi connectivity index (χ3v) is 7.58. The maximum absolute atomic E-state index is 13.8. The van der Waals surface area contributed by atoms with Gasteiger partial charge in [0.1, 0.15) is 29.4 Å². The topological polar surface area (TPSA) is 134 Å². The van der Waals surface area contributed by atoms with Crippen molar-refractivity contribution >= 4 is 29.4 Å². The molecule has 2 heterocycles. The molecule has 1 aromatic carbocycles. The van der Waals surface area contributed by atoms with Crippen molar-refractivity contribution in [3.8, 4) is 5.75 Å². The van der Waals surface area contributed by atoms with Gasteiger partial charge in [0.15, 0.2) is 12.5 Å². The molecule has 4 atom stereocenters. The van der Waals surface area contributed by atoms with Crippen LogP contribution in [0.3, 0.4) is 0 Å². The normalized spacial score (nSPS) is 25.9. The van der Waals surface area contributed by atoms with Gasteiger partial charge in [-0.15, -0.1) is 0 Å². The Morgan fingerprint density at radius 2 is 1.85 bits per heavy atom. The molecule has 0 aliphatic carbocycles. The zero-order chi connectivity index (χ0) is 29.3. The summed E-state index contributed by atoms with van der Waals surface area (Å²) in [7, 11) is 1.56. The van der Waals surface area contributed by atoms with E-state index in [0.29, 0.717) is 38.0 Å². The highest BCUT2D eigenvalue weighted by Crippen LogP contribution is 2.22. The minimum atomic E-state index is -1.34. The van der Waals surface area contributed by atoms with Gasteiger partial charge in [0.25, 0.3) is 0 Å². The summed E-state index contributed by atoms with van der Waals surface area (Å²) in [6.45, 7) is 2.63. The second-order valence-electron chi connectivity index (χ2n) is 10.4. The molecule has 11 heteroatoms. The largest absolute Gasteiger partial charge is 0.497 e. The fourth-order valence-electron chi connectivity index (χ4n) is 4.92. The highest BCUT2D eigenvalue weighted by molar-refractivity contribution is 5.99. The number of unbranched alkanes of at least 4 members (excludes halogenated alkanes) is 1. The lowest BCUT2D eigenvalue weighted by Gasteiger charge is -2.36. The van der Waals surface area contributed by atoms with Crippen LogP contribution < -0.4 is 20.7 Å². The van der Waals surface area contributed by atoms with Crippen LogP contribution in [0.15, 0.2) is 36.4 Å². The predicted octanol–water partition coefficient (Wildman–Crippen LogP) is 1.76. The van der Waals surface area contributed by atoms with Gasteiger partial charge in [-0.25, -0.2) is 4.39 Å². The molecule has 2 aliphatic heterocycles. The minimum absolute atomic E-state index is 0.203. The number of benzene rings is 1.